The summed E-state index contributed by atoms with van der Waals surface area (Å²) in [5, 5.41) is 13.8. The molecule has 0 spiro atoms. The zero-order valence-corrected chi connectivity index (χ0v) is 16.4. The molecule has 10 heteroatoms. The molecule has 3 aromatic rings. The highest BCUT2D eigenvalue weighted by Gasteiger charge is 2.34. The van der Waals surface area contributed by atoms with Crippen LogP contribution in [0.2, 0.25) is 5.02 Å². The lowest BCUT2D eigenvalue weighted by atomic mass is 9.98. The van der Waals surface area contributed by atoms with Gasteiger partial charge in [0.2, 0.25) is 5.13 Å². The third-order valence-electron chi connectivity index (χ3n) is 4.52. The smallest absolute Gasteiger partial charge is 0.312 e. The Kier molecular flexibility index (Phi) is 5.28. The van der Waals surface area contributed by atoms with Gasteiger partial charge < -0.3 is 5.32 Å². The van der Waals surface area contributed by atoms with Gasteiger partial charge in [0.15, 0.2) is 0 Å². The number of fused-ring (bicyclic) bond motifs is 1. The first-order valence-corrected chi connectivity index (χ1v) is 9.85. The Morgan fingerprint density at radius 2 is 1.97 bits per heavy atom. The number of rotatable bonds is 3. The molecule has 150 valence electrons. The van der Waals surface area contributed by atoms with Gasteiger partial charge in [0, 0.05) is 22.7 Å². The molecule has 0 bridgehead atoms. The van der Waals surface area contributed by atoms with Crippen molar-refractivity contribution >= 4 is 34.0 Å². The number of aromatic nitrogens is 2. The Balaban J connectivity index is 1.58. The number of alkyl halides is 3. The minimum Gasteiger partial charge on any atom is -0.312 e. The van der Waals surface area contributed by atoms with Crippen molar-refractivity contribution in [1.82, 2.24) is 15.5 Å². The lowest BCUT2D eigenvalue weighted by molar-refractivity contribution is -0.137. The van der Waals surface area contributed by atoms with Gasteiger partial charge >= 0.3 is 6.18 Å². The van der Waals surface area contributed by atoms with Crippen molar-refractivity contribution in [2.45, 2.75) is 19.1 Å². The van der Waals surface area contributed by atoms with E-state index in [-0.39, 0.29) is 20.7 Å². The molecule has 0 saturated carbocycles. The van der Waals surface area contributed by atoms with Gasteiger partial charge in [-0.3, -0.25) is 10.1 Å². The van der Waals surface area contributed by atoms with Crippen LogP contribution in [0.5, 0.6) is 0 Å². The average Bonchev–Trinajstić information content (AvgIpc) is 3.15. The van der Waals surface area contributed by atoms with Crippen molar-refractivity contribution < 1.29 is 18.0 Å². The normalized spacial score (nSPS) is 13.8. The van der Waals surface area contributed by atoms with E-state index >= 15 is 0 Å². The molecule has 0 saturated heterocycles. The third kappa shape index (κ3) is 4.26. The number of nitrogens with one attached hydrogen (secondary N) is 2. The molecule has 1 aromatic heterocycles. The zero-order valence-electron chi connectivity index (χ0n) is 14.8. The summed E-state index contributed by atoms with van der Waals surface area (Å²) in [6, 6.07) is 8.69. The molecule has 29 heavy (non-hydrogen) atoms. The van der Waals surface area contributed by atoms with Crippen molar-refractivity contribution in [3.63, 3.8) is 0 Å². The monoisotopic (exact) mass is 438 g/mol. The van der Waals surface area contributed by atoms with Gasteiger partial charge in [-0.15, -0.1) is 10.2 Å². The fourth-order valence-electron chi connectivity index (χ4n) is 3.11. The Hall–Kier alpha value is -2.49. The summed E-state index contributed by atoms with van der Waals surface area (Å²) in [7, 11) is 0. The second kappa shape index (κ2) is 7.74. The first kappa shape index (κ1) is 19.8. The maximum atomic E-state index is 13.3. The van der Waals surface area contributed by atoms with Crippen molar-refractivity contribution in [3.05, 3.63) is 63.7 Å². The lowest BCUT2D eigenvalue weighted by Crippen LogP contribution is -2.24. The summed E-state index contributed by atoms with van der Waals surface area (Å²) in [5.74, 6) is -0.392. The number of amides is 1. The fraction of sp³-hybridized carbons (Fsp3) is 0.211. The van der Waals surface area contributed by atoms with E-state index in [1.54, 1.807) is 6.07 Å². The van der Waals surface area contributed by atoms with Gasteiger partial charge in [0.1, 0.15) is 5.01 Å². The highest BCUT2D eigenvalue weighted by Crippen LogP contribution is 2.40. The van der Waals surface area contributed by atoms with Crippen LogP contribution in [-0.4, -0.2) is 22.6 Å². The number of hydrogen-bond donors (Lipinski definition) is 2. The molecule has 0 atom stereocenters. The van der Waals surface area contributed by atoms with E-state index in [0.29, 0.717) is 5.56 Å². The number of halogens is 4. The number of nitrogens with zero attached hydrogens (tertiary/aromatic N) is 2. The Morgan fingerprint density at radius 1 is 1.14 bits per heavy atom. The summed E-state index contributed by atoms with van der Waals surface area (Å²) >= 11 is 6.71. The van der Waals surface area contributed by atoms with Crippen LogP contribution in [0.3, 0.4) is 0 Å². The van der Waals surface area contributed by atoms with Crippen LogP contribution in [0.25, 0.3) is 10.6 Å². The minimum atomic E-state index is -4.56. The van der Waals surface area contributed by atoms with Gasteiger partial charge in [-0.2, -0.15) is 13.2 Å². The molecule has 0 unspecified atom stereocenters. The highest BCUT2D eigenvalue weighted by molar-refractivity contribution is 7.18. The van der Waals surface area contributed by atoms with Gasteiger partial charge in [-0.25, -0.2) is 0 Å². The summed E-state index contributed by atoms with van der Waals surface area (Å²) in [6.07, 6.45) is -3.73. The third-order valence-corrected chi connectivity index (χ3v) is 5.62. The number of hydrogen-bond acceptors (Lipinski definition) is 5. The standard InChI is InChI=1S/C19H14ClF3N4OS/c20-13-3-4-15(19(21,22)23)14(8-13)17-26-27-18(29-17)25-16(28)11-1-2-12-9-24-6-5-10(12)7-11/h1-4,7-8,24H,5-6,9H2,(H,25,27,28). The molecule has 2 heterocycles. The SMILES string of the molecule is O=C(Nc1nnc(-c2cc(Cl)ccc2C(F)(F)F)s1)c1ccc2c(c1)CCNC2. The number of anilines is 1. The average molecular weight is 439 g/mol. The largest absolute Gasteiger partial charge is 0.417 e. The number of carbonyl (C=O) groups excluding carboxylic acids is 1. The Bertz CT molecular complexity index is 1080. The lowest BCUT2D eigenvalue weighted by Gasteiger charge is -2.17. The highest BCUT2D eigenvalue weighted by atomic mass is 35.5. The summed E-state index contributed by atoms with van der Waals surface area (Å²) in [4.78, 5) is 12.5. The molecule has 2 N–H and O–H groups in total. The van der Waals surface area contributed by atoms with Crippen LogP contribution in [0.4, 0.5) is 18.3 Å². The molecule has 0 aliphatic carbocycles. The number of carbonyl (C=O) groups is 1. The van der Waals surface area contributed by atoms with E-state index < -0.39 is 17.6 Å². The first-order valence-electron chi connectivity index (χ1n) is 8.66. The van der Waals surface area contributed by atoms with E-state index in [0.717, 1.165) is 48.0 Å². The molecule has 1 aliphatic heterocycles. The van der Waals surface area contributed by atoms with Crippen LogP contribution in [0.15, 0.2) is 36.4 Å². The minimum absolute atomic E-state index is 0.0200. The Labute approximate surface area is 172 Å². The topological polar surface area (TPSA) is 66.9 Å². The molecule has 0 radical (unpaired) electrons. The second-order valence-corrected chi connectivity index (χ2v) is 7.88. The van der Waals surface area contributed by atoms with E-state index in [9.17, 15) is 18.0 Å². The quantitative estimate of drug-likeness (QED) is 0.618. The fourth-order valence-corrected chi connectivity index (χ4v) is 4.05. The molecule has 1 amide bonds. The van der Waals surface area contributed by atoms with Crippen LogP contribution in [-0.2, 0) is 19.1 Å². The molecule has 0 fully saturated rings. The maximum absolute atomic E-state index is 13.3. The second-order valence-electron chi connectivity index (χ2n) is 6.46. The number of benzene rings is 2. The predicted octanol–water partition coefficient (Wildman–Crippen LogP) is 4.78. The van der Waals surface area contributed by atoms with Crippen LogP contribution < -0.4 is 10.6 Å². The summed E-state index contributed by atoms with van der Waals surface area (Å²) in [6.45, 7) is 1.61. The van der Waals surface area contributed by atoms with E-state index in [2.05, 4.69) is 20.8 Å². The summed E-state index contributed by atoms with van der Waals surface area (Å²) < 4.78 is 39.8. The van der Waals surface area contributed by atoms with Crippen LogP contribution in [0.1, 0.15) is 27.0 Å². The Morgan fingerprint density at radius 3 is 2.76 bits per heavy atom. The van der Waals surface area contributed by atoms with Crippen molar-refractivity contribution in [2.75, 3.05) is 11.9 Å². The summed E-state index contributed by atoms with van der Waals surface area (Å²) in [5.41, 5.74) is 1.67. The van der Waals surface area contributed by atoms with E-state index in [4.69, 9.17) is 11.6 Å². The van der Waals surface area contributed by atoms with Gasteiger partial charge in [-0.1, -0.05) is 29.0 Å². The molecule has 2 aromatic carbocycles. The van der Waals surface area contributed by atoms with Gasteiger partial charge in [-0.05, 0) is 54.4 Å². The zero-order chi connectivity index (χ0) is 20.6. The molecule has 1 aliphatic rings. The molecule has 4 rings (SSSR count). The van der Waals surface area contributed by atoms with Crippen molar-refractivity contribution in [3.8, 4) is 10.6 Å². The predicted molar refractivity (Wildman–Crippen MR) is 105 cm³/mol. The van der Waals surface area contributed by atoms with Crippen molar-refractivity contribution in [1.29, 1.82) is 0 Å². The van der Waals surface area contributed by atoms with E-state index in [1.807, 2.05) is 12.1 Å². The maximum Gasteiger partial charge on any atom is 0.417 e. The van der Waals surface area contributed by atoms with Crippen molar-refractivity contribution in [2.24, 2.45) is 0 Å². The molecular formula is C19H14ClF3N4OS. The first-order chi connectivity index (χ1) is 13.8. The van der Waals surface area contributed by atoms with Gasteiger partial charge in [0.05, 0.1) is 5.56 Å². The molecule has 5 nitrogen and oxygen atoms in total. The van der Waals surface area contributed by atoms with Gasteiger partial charge in [0.25, 0.3) is 5.91 Å². The van der Waals surface area contributed by atoms with Crippen LogP contribution >= 0.6 is 22.9 Å². The van der Waals surface area contributed by atoms with E-state index in [1.165, 1.54) is 12.1 Å². The van der Waals surface area contributed by atoms with Crippen LogP contribution in [0, 0.1) is 0 Å². The molecular weight excluding hydrogens is 425 g/mol.